The van der Waals surface area contributed by atoms with E-state index in [0.717, 1.165) is 52.7 Å². The molecule has 0 bridgehead atoms. The van der Waals surface area contributed by atoms with E-state index in [4.69, 9.17) is 9.47 Å². The minimum atomic E-state index is -0.0725. The molecule has 200 valence electrons. The zero-order valence-corrected chi connectivity index (χ0v) is 23.5. The Labute approximate surface area is 236 Å². The normalized spacial score (nSPS) is 12.9. The number of anilines is 3. The van der Waals surface area contributed by atoms with E-state index in [2.05, 4.69) is 96.5 Å². The van der Waals surface area contributed by atoms with Crippen LogP contribution >= 0.6 is 0 Å². The topological polar surface area (TPSA) is 34.6 Å². The summed E-state index contributed by atoms with van der Waals surface area (Å²) in [7, 11) is 3.39. The molecule has 0 amide bonds. The van der Waals surface area contributed by atoms with Crippen molar-refractivity contribution in [2.45, 2.75) is 32.1 Å². The van der Waals surface area contributed by atoms with Gasteiger partial charge in [-0.1, -0.05) is 38.1 Å². The third-order valence-corrected chi connectivity index (χ3v) is 8.43. The van der Waals surface area contributed by atoms with Gasteiger partial charge in [-0.05, 0) is 114 Å². The molecule has 0 spiro atoms. The van der Waals surface area contributed by atoms with Crippen LogP contribution in [0, 0.1) is 0 Å². The molecule has 5 aromatic rings. The van der Waals surface area contributed by atoms with Crippen molar-refractivity contribution in [3.05, 3.63) is 120 Å². The molecule has 6 rings (SSSR count). The van der Waals surface area contributed by atoms with Crippen LogP contribution in [0.5, 0.6) is 11.5 Å². The second kappa shape index (κ2) is 10.5. The van der Waals surface area contributed by atoms with Gasteiger partial charge in [-0.3, -0.25) is 4.98 Å². The zero-order valence-electron chi connectivity index (χ0n) is 23.5. The Bertz CT molecular complexity index is 1580. The Morgan fingerprint density at radius 3 is 1.70 bits per heavy atom. The predicted molar refractivity (Wildman–Crippen MR) is 164 cm³/mol. The number of rotatable bonds is 8. The minimum absolute atomic E-state index is 0.0725. The quantitative estimate of drug-likeness (QED) is 0.202. The summed E-state index contributed by atoms with van der Waals surface area (Å²) in [5.74, 6) is 1.67. The lowest BCUT2D eigenvalue weighted by Gasteiger charge is -2.32. The summed E-state index contributed by atoms with van der Waals surface area (Å²) in [5, 5.41) is 0. The van der Waals surface area contributed by atoms with Crippen molar-refractivity contribution in [2.75, 3.05) is 19.1 Å². The number of hydrogen-bond acceptors (Lipinski definition) is 4. The number of fused-ring (bicyclic) bond motifs is 3. The second-order valence-electron chi connectivity index (χ2n) is 10.2. The van der Waals surface area contributed by atoms with E-state index < -0.39 is 0 Å². The average Bonchev–Trinajstić information content (AvgIpc) is 3.31. The van der Waals surface area contributed by atoms with E-state index in [9.17, 15) is 0 Å². The summed E-state index contributed by atoms with van der Waals surface area (Å²) in [4.78, 5) is 6.93. The summed E-state index contributed by atoms with van der Waals surface area (Å²) in [6.45, 7) is 4.63. The van der Waals surface area contributed by atoms with Crippen molar-refractivity contribution < 1.29 is 9.47 Å². The first kappa shape index (κ1) is 25.7. The molecule has 4 aromatic carbocycles. The van der Waals surface area contributed by atoms with Gasteiger partial charge in [0, 0.05) is 34.2 Å². The van der Waals surface area contributed by atoms with Crippen molar-refractivity contribution in [2.24, 2.45) is 0 Å². The molecule has 0 fully saturated rings. The molecule has 1 aliphatic carbocycles. The summed E-state index contributed by atoms with van der Waals surface area (Å²) in [5.41, 5.74) is 10.8. The van der Waals surface area contributed by atoms with Crippen molar-refractivity contribution in [1.29, 1.82) is 0 Å². The van der Waals surface area contributed by atoms with E-state index in [1.54, 1.807) is 14.2 Å². The summed E-state index contributed by atoms with van der Waals surface area (Å²) < 4.78 is 10.9. The fourth-order valence-corrected chi connectivity index (χ4v) is 6.24. The lowest BCUT2D eigenvalue weighted by Crippen LogP contribution is -2.23. The molecule has 4 heteroatoms. The van der Waals surface area contributed by atoms with Gasteiger partial charge in [0.15, 0.2) is 0 Å². The summed E-state index contributed by atoms with van der Waals surface area (Å²) in [6, 6.07) is 36.4. The molecule has 4 nitrogen and oxygen atoms in total. The van der Waals surface area contributed by atoms with Gasteiger partial charge in [-0.15, -0.1) is 0 Å². The Morgan fingerprint density at radius 1 is 0.625 bits per heavy atom. The van der Waals surface area contributed by atoms with Gasteiger partial charge in [-0.25, -0.2) is 0 Å². The summed E-state index contributed by atoms with van der Waals surface area (Å²) in [6.07, 6.45) is 3.90. The highest BCUT2D eigenvalue weighted by Gasteiger charge is 2.41. The number of hydrogen-bond donors (Lipinski definition) is 0. The number of benzene rings is 4. The van der Waals surface area contributed by atoms with E-state index in [-0.39, 0.29) is 5.41 Å². The SMILES string of the molecule is CCC1(CC)c2cc(-c3ccccn3)ccc2-c2ccc(N(c3ccc(OC)cc3)c3ccc(OC)cc3)cc21. The van der Waals surface area contributed by atoms with E-state index in [1.165, 1.54) is 22.3 Å². The molecular formula is C36H34N2O2. The molecular weight excluding hydrogens is 492 g/mol. The number of ether oxygens (including phenoxy) is 2. The van der Waals surface area contributed by atoms with Crippen LogP contribution in [-0.4, -0.2) is 19.2 Å². The minimum Gasteiger partial charge on any atom is -0.497 e. The Hall–Kier alpha value is -4.57. The molecule has 0 saturated heterocycles. The third-order valence-electron chi connectivity index (χ3n) is 8.43. The van der Waals surface area contributed by atoms with Crippen molar-refractivity contribution in [1.82, 2.24) is 4.98 Å². The van der Waals surface area contributed by atoms with Crippen LogP contribution in [0.2, 0.25) is 0 Å². The molecule has 0 saturated carbocycles. The number of methoxy groups -OCH3 is 2. The van der Waals surface area contributed by atoms with E-state index in [1.807, 2.05) is 36.5 Å². The zero-order chi connectivity index (χ0) is 27.7. The molecule has 1 aromatic heterocycles. The number of aromatic nitrogens is 1. The lowest BCUT2D eigenvalue weighted by molar-refractivity contribution is 0.415. The van der Waals surface area contributed by atoms with Crippen LogP contribution < -0.4 is 14.4 Å². The van der Waals surface area contributed by atoms with Crippen LogP contribution in [0.15, 0.2) is 109 Å². The molecule has 40 heavy (non-hydrogen) atoms. The van der Waals surface area contributed by atoms with Crippen LogP contribution in [0.3, 0.4) is 0 Å². The van der Waals surface area contributed by atoms with Gasteiger partial charge in [0.2, 0.25) is 0 Å². The smallest absolute Gasteiger partial charge is 0.119 e. The molecule has 1 aliphatic rings. The number of pyridine rings is 1. The van der Waals surface area contributed by atoms with Gasteiger partial charge in [-0.2, -0.15) is 0 Å². The maximum absolute atomic E-state index is 5.45. The Kier molecular flexibility index (Phi) is 6.77. The van der Waals surface area contributed by atoms with E-state index >= 15 is 0 Å². The molecule has 1 heterocycles. The maximum atomic E-state index is 5.45. The van der Waals surface area contributed by atoms with Crippen LogP contribution in [0.1, 0.15) is 37.8 Å². The van der Waals surface area contributed by atoms with Crippen LogP contribution in [0.25, 0.3) is 22.4 Å². The van der Waals surface area contributed by atoms with Gasteiger partial charge < -0.3 is 14.4 Å². The van der Waals surface area contributed by atoms with Gasteiger partial charge >= 0.3 is 0 Å². The first-order valence-electron chi connectivity index (χ1n) is 13.9. The fraction of sp³-hybridized carbons (Fsp3) is 0.194. The van der Waals surface area contributed by atoms with Gasteiger partial charge in [0.05, 0.1) is 19.9 Å². The molecule has 0 unspecified atom stereocenters. The average molecular weight is 527 g/mol. The monoisotopic (exact) mass is 526 g/mol. The standard InChI is InChI=1S/C36H34N2O2/c1-5-36(6-2)33-23-25(35-9-7-8-22-37-35)10-20-31(33)32-21-15-28(24-34(32)36)38(26-11-16-29(39-3)17-12-26)27-13-18-30(40-4)19-14-27/h7-24H,5-6H2,1-4H3. The van der Waals surface area contributed by atoms with E-state index in [0.29, 0.717) is 0 Å². The summed E-state index contributed by atoms with van der Waals surface area (Å²) >= 11 is 0. The Balaban J connectivity index is 1.50. The van der Waals surface area contributed by atoms with Gasteiger partial charge in [0.25, 0.3) is 0 Å². The third kappa shape index (κ3) is 4.21. The largest absolute Gasteiger partial charge is 0.497 e. The molecule has 0 atom stereocenters. The van der Waals surface area contributed by atoms with Crippen molar-refractivity contribution in [3.8, 4) is 33.9 Å². The highest BCUT2D eigenvalue weighted by atomic mass is 16.5. The first-order chi connectivity index (χ1) is 19.6. The lowest BCUT2D eigenvalue weighted by atomic mass is 9.73. The fourth-order valence-electron chi connectivity index (χ4n) is 6.24. The molecule has 0 aliphatic heterocycles. The number of nitrogens with zero attached hydrogens (tertiary/aromatic N) is 2. The molecule has 0 radical (unpaired) electrons. The maximum Gasteiger partial charge on any atom is 0.119 e. The highest BCUT2D eigenvalue weighted by molar-refractivity contribution is 5.87. The first-order valence-corrected chi connectivity index (χ1v) is 13.9. The van der Waals surface area contributed by atoms with Crippen LogP contribution in [0.4, 0.5) is 17.1 Å². The van der Waals surface area contributed by atoms with Crippen LogP contribution in [-0.2, 0) is 5.41 Å². The van der Waals surface area contributed by atoms with Crippen molar-refractivity contribution in [3.63, 3.8) is 0 Å². The second-order valence-corrected chi connectivity index (χ2v) is 10.2. The van der Waals surface area contributed by atoms with Gasteiger partial charge in [0.1, 0.15) is 11.5 Å². The predicted octanol–water partition coefficient (Wildman–Crippen LogP) is 9.32. The highest BCUT2D eigenvalue weighted by Crippen LogP contribution is 2.54. The Morgan fingerprint density at radius 2 is 1.18 bits per heavy atom. The van der Waals surface area contributed by atoms with Crippen molar-refractivity contribution >= 4 is 17.1 Å². The molecule has 0 N–H and O–H groups in total.